The molecule has 3 aliphatic rings. The van der Waals surface area contributed by atoms with Gasteiger partial charge in [-0.05, 0) is 38.2 Å². The Labute approximate surface area is 174 Å². The zero-order valence-electron chi connectivity index (χ0n) is 16.9. The minimum atomic E-state index is -0.314. The van der Waals surface area contributed by atoms with Gasteiger partial charge in [-0.1, -0.05) is 30.4 Å². The minimum absolute atomic E-state index is 0.0920. The fraction of sp³-hybridized carbons (Fsp3) is 0.391. The molecule has 7 heteroatoms. The van der Waals surface area contributed by atoms with Crippen molar-refractivity contribution in [1.82, 2.24) is 9.58 Å². The standard InChI is InChI=1S/C23H23N3O4/c1-3-30-19(27)12-25-13(2)17(16-6-4-5-7-18(16)25)11-24-26-22(28)20-14-8-9-15(10-14)21(20)23(26)29/h4-9,11,14-15,20-21H,3,10,12H2,1-2H3/b24-11+. The van der Waals surface area contributed by atoms with Crippen molar-refractivity contribution in [2.24, 2.45) is 28.8 Å². The number of imide groups is 1. The summed E-state index contributed by atoms with van der Waals surface area (Å²) in [7, 11) is 0. The molecule has 2 bridgehead atoms. The third-order valence-corrected chi connectivity index (χ3v) is 6.62. The summed E-state index contributed by atoms with van der Waals surface area (Å²) in [5.41, 5.74) is 2.49. The van der Waals surface area contributed by atoms with Crippen LogP contribution >= 0.6 is 0 Å². The normalized spacial score (nSPS) is 27.1. The van der Waals surface area contributed by atoms with Gasteiger partial charge in [0.25, 0.3) is 11.8 Å². The first kappa shape index (κ1) is 18.8. The number of hydrogen-bond donors (Lipinski definition) is 0. The molecule has 7 nitrogen and oxygen atoms in total. The van der Waals surface area contributed by atoms with E-state index in [0.29, 0.717) is 6.61 Å². The first-order valence-electron chi connectivity index (χ1n) is 10.3. The molecule has 0 N–H and O–H groups in total. The first-order chi connectivity index (χ1) is 14.5. The Kier molecular flexibility index (Phi) is 4.34. The van der Waals surface area contributed by atoms with Gasteiger partial charge in [0.2, 0.25) is 0 Å². The smallest absolute Gasteiger partial charge is 0.325 e. The zero-order valence-corrected chi connectivity index (χ0v) is 16.9. The molecule has 5 rings (SSSR count). The van der Waals surface area contributed by atoms with Crippen LogP contribution in [0, 0.1) is 30.6 Å². The van der Waals surface area contributed by atoms with Crippen LogP contribution in [0.4, 0.5) is 0 Å². The number of amides is 2. The molecule has 0 spiro atoms. The molecule has 1 aromatic carbocycles. The van der Waals surface area contributed by atoms with E-state index < -0.39 is 0 Å². The number of para-hydroxylation sites is 1. The van der Waals surface area contributed by atoms with E-state index in [2.05, 4.69) is 17.3 Å². The third-order valence-electron chi connectivity index (χ3n) is 6.62. The molecule has 2 aromatic rings. The van der Waals surface area contributed by atoms with E-state index in [0.717, 1.165) is 33.6 Å². The number of fused-ring (bicyclic) bond motifs is 6. The number of hydrazone groups is 1. The summed E-state index contributed by atoms with van der Waals surface area (Å²) in [5.74, 6) is -0.941. The fourth-order valence-corrected chi connectivity index (χ4v) is 5.28. The predicted octanol–water partition coefficient (Wildman–Crippen LogP) is 2.65. The Hall–Kier alpha value is -3.22. The predicted molar refractivity (Wildman–Crippen MR) is 110 cm³/mol. The number of nitrogens with zero attached hydrogens (tertiary/aromatic N) is 3. The van der Waals surface area contributed by atoms with Gasteiger partial charge in [-0.25, -0.2) is 0 Å². The van der Waals surface area contributed by atoms with E-state index >= 15 is 0 Å². The molecule has 4 unspecified atom stereocenters. The SMILES string of the molecule is CCOC(=O)Cn1c(C)c(/C=N/N2C(=O)C3C4C=CC(C4)C3C2=O)c2ccccc21. The lowest BCUT2D eigenvalue weighted by Crippen LogP contribution is -2.28. The highest BCUT2D eigenvalue weighted by atomic mass is 16.5. The lowest BCUT2D eigenvalue weighted by atomic mass is 9.85. The van der Waals surface area contributed by atoms with Crippen molar-refractivity contribution >= 4 is 34.9 Å². The second-order valence-corrected chi connectivity index (χ2v) is 8.14. The molecule has 4 atom stereocenters. The summed E-state index contributed by atoms with van der Waals surface area (Å²) < 4.78 is 6.98. The summed E-state index contributed by atoms with van der Waals surface area (Å²) in [5, 5.41) is 6.29. The summed E-state index contributed by atoms with van der Waals surface area (Å²) in [6, 6.07) is 7.69. The first-order valence-corrected chi connectivity index (χ1v) is 10.3. The van der Waals surface area contributed by atoms with Gasteiger partial charge < -0.3 is 9.30 Å². The number of rotatable bonds is 5. The van der Waals surface area contributed by atoms with Crippen LogP contribution in [0.2, 0.25) is 0 Å². The number of benzene rings is 1. The van der Waals surface area contributed by atoms with Crippen molar-refractivity contribution in [3.8, 4) is 0 Å². The van der Waals surface area contributed by atoms with Crippen LogP contribution in [0.25, 0.3) is 10.9 Å². The Bertz CT molecular complexity index is 1100. The van der Waals surface area contributed by atoms with Gasteiger partial charge in [-0.2, -0.15) is 10.1 Å². The molecule has 2 fully saturated rings. The van der Waals surface area contributed by atoms with E-state index in [1.54, 1.807) is 13.1 Å². The maximum atomic E-state index is 12.9. The largest absolute Gasteiger partial charge is 0.465 e. The second kappa shape index (κ2) is 6.93. The molecule has 2 aliphatic carbocycles. The van der Waals surface area contributed by atoms with Crippen LogP contribution in [0.3, 0.4) is 0 Å². The van der Waals surface area contributed by atoms with Crippen LogP contribution in [0.5, 0.6) is 0 Å². The van der Waals surface area contributed by atoms with Crippen molar-refractivity contribution < 1.29 is 19.1 Å². The second-order valence-electron chi connectivity index (χ2n) is 8.14. The quantitative estimate of drug-likeness (QED) is 0.331. The Balaban J connectivity index is 1.48. The molecular formula is C23H23N3O4. The van der Waals surface area contributed by atoms with Crippen molar-refractivity contribution in [2.75, 3.05) is 6.61 Å². The van der Waals surface area contributed by atoms with Gasteiger partial charge in [-0.3, -0.25) is 14.4 Å². The molecule has 154 valence electrons. The van der Waals surface area contributed by atoms with E-state index in [-0.39, 0.29) is 48.0 Å². The van der Waals surface area contributed by atoms with Crippen molar-refractivity contribution in [3.63, 3.8) is 0 Å². The van der Waals surface area contributed by atoms with Crippen molar-refractivity contribution in [3.05, 3.63) is 47.7 Å². The molecular weight excluding hydrogens is 382 g/mol. The van der Waals surface area contributed by atoms with E-state index in [1.165, 1.54) is 0 Å². The minimum Gasteiger partial charge on any atom is -0.465 e. The molecule has 1 aliphatic heterocycles. The summed E-state index contributed by atoms with van der Waals surface area (Å²) in [6.45, 7) is 4.09. The molecule has 0 radical (unpaired) electrons. The Morgan fingerprint density at radius 2 is 1.83 bits per heavy atom. The average Bonchev–Trinajstić information content (AvgIpc) is 3.46. The van der Waals surface area contributed by atoms with E-state index in [1.807, 2.05) is 35.8 Å². The number of esters is 1. The van der Waals surface area contributed by atoms with Crippen molar-refractivity contribution in [2.45, 2.75) is 26.8 Å². The van der Waals surface area contributed by atoms with Crippen LogP contribution in [-0.4, -0.2) is 40.2 Å². The number of carbonyl (C=O) groups excluding carboxylic acids is 3. The van der Waals surface area contributed by atoms with Gasteiger partial charge in [0.1, 0.15) is 6.54 Å². The van der Waals surface area contributed by atoms with Crippen LogP contribution in [0.15, 0.2) is 41.5 Å². The summed E-state index contributed by atoms with van der Waals surface area (Å²) >= 11 is 0. The van der Waals surface area contributed by atoms with Crippen molar-refractivity contribution in [1.29, 1.82) is 0 Å². The van der Waals surface area contributed by atoms with Gasteiger partial charge in [0.15, 0.2) is 0 Å². The topological polar surface area (TPSA) is 81.0 Å². The number of allylic oxidation sites excluding steroid dienone is 2. The van der Waals surface area contributed by atoms with Gasteiger partial charge in [-0.15, -0.1) is 0 Å². The monoisotopic (exact) mass is 405 g/mol. The fourth-order valence-electron chi connectivity index (χ4n) is 5.28. The van der Waals surface area contributed by atoms with E-state index in [4.69, 9.17) is 4.74 Å². The van der Waals surface area contributed by atoms with Crippen LogP contribution in [0.1, 0.15) is 24.6 Å². The average molecular weight is 405 g/mol. The molecule has 30 heavy (non-hydrogen) atoms. The maximum absolute atomic E-state index is 12.9. The molecule has 2 amide bonds. The highest BCUT2D eigenvalue weighted by Gasteiger charge is 2.59. The van der Waals surface area contributed by atoms with Gasteiger partial charge in [0, 0.05) is 22.2 Å². The maximum Gasteiger partial charge on any atom is 0.325 e. The zero-order chi connectivity index (χ0) is 21.0. The lowest BCUT2D eigenvalue weighted by Gasteiger charge is -2.13. The summed E-state index contributed by atoms with van der Waals surface area (Å²) in [6.07, 6.45) is 6.60. The van der Waals surface area contributed by atoms with Gasteiger partial charge >= 0.3 is 5.97 Å². The Morgan fingerprint density at radius 3 is 2.50 bits per heavy atom. The molecule has 1 aromatic heterocycles. The van der Waals surface area contributed by atoms with Gasteiger partial charge in [0.05, 0.1) is 24.7 Å². The number of ether oxygens (including phenoxy) is 1. The molecule has 2 heterocycles. The van der Waals surface area contributed by atoms with Crippen LogP contribution < -0.4 is 0 Å². The molecule has 1 saturated carbocycles. The lowest BCUT2D eigenvalue weighted by molar-refractivity contribution is -0.144. The summed E-state index contributed by atoms with van der Waals surface area (Å²) in [4.78, 5) is 37.8. The highest BCUT2D eigenvalue weighted by molar-refractivity contribution is 6.08. The highest BCUT2D eigenvalue weighted by Crippen LogP contribution is 2.52. The molecule has 1 saturated heterocycles. The van der Waals surface area contributed by atoms with Crippen LogP contribution in [-0.2, 0) is 25.7 Å². The van der Waals surface area contributed by atoms with E-state index in [9.17, 15) is 14.4 Å². The number of hydrogen-bond acceptors (Lipinski definition) is 5. The third kappa shape index (κ3) is 2.65. The number of aromatic nitrogens is 1. The Morgan fingerprint density at radius 1 is 1.17 bits per heavy atom. The number of carbonyl (C=O) groups is 3.